The molecule has 4 rings (SSSR count). The first kappa shape index (κ1) is 26.8. The van der Waals surface area contributed by atoms with Gasteiger partial charge < -0.3 is 25.5 Å². The van der Waals surface area contributed by atoms with Crippen LogP contribution in [0.15, 0.2) is 24.3 Å². The van der Waals surface area contributed by atoms with Crippen LogP contribution < -0.4 is 15.5 Å². The predicted octanol–water partition coefficient (Wildman–Crippen LogP) is 2.86. The van der Waals surface area contributed by atoms with Crippen molar-refractivity contribution in [3.8, 4) is 0 Å². The number of amides is 3. The zero-order valence-electron chi connectivity index (χ0n) is 21.8. The molecule has 8 nitrogen and oxygen atoms in total. The highest BCUT2D eigenvalue weighted by Gasteiger charge is 2.74. The normalized spacial score (nSPS) is 29.2. The molecule has 3 aliphatic rings. The van der Waals surface area contributed by atoms with Crippen LogP contribution in [0.3, 0.4) is 0 Å². The first-order chi connectivity index (χ1) is 17.4. The lowest BCUT2D eigenvalue weighted by molar-refractivity contribution is -0.142. The summed E-state index contributed by atoms with van der Waals surface area (Å²) >= 11 is 1.65. The van der Waals surface area contributed by atoms with Crippen LogP contribution in [-0.2, 0) is 14.4 Å². The SMILES string of the molecule is CCCNC(=O)[C@@H]1[C@@H]2CCC3(S2)C(C(=O)Nc2ccc(N(CC)CC)cc2)N([C@@H](CC)CO)C(=O)[C@H]13. The van der Waals surface area contributed by atoms with E-state index in [4.69, 9.17) is 0 Å². The van der Waals surface area contributed by atoms with E-state index < -0.39 is 28.7 Å². The quantitative estimate of drug-likeness (QED) is 0.418. The van der Waals surface area contributed by atoms with Crippen LogP contribution in [0.2, 0.25) is 0 Å². The van der Waals surface area contributed by atoms with E-state index in [2.05, 4.69) is 29.4 Å². The van der Waals surface area contributed by atoms with E-state index in [0.717, 1.165) is 31.6 Å². The Labute approximate surface area is 218 Å². The molecule has 3 saturated heterocycles. The number of likely N-dealkylation sites (tertiary alicyclic amines) is 1. The second kappa shape index (κ2) is 11.0. The maximum atomic E-state index is 13.9. The molecular formula is C27H40N4O4S. The molecule has 0 aromatic heterocycles. The largest absolute Gasteiger partial charge is 0.394 e. The maximum Gasteiger partial charge on any atom is 0.248 e. The lowest BCUT2D eigenvalue weighted by Gasteiger charge is -2.36. The molecule has 36 heavy (non-hydrogen) atoms. The van der Waals surface area contributed by atoms with E-state index in [1.807, 2.05) is 38.1 Å². The summed E-state index contributed by atoms with van der Waals surface area (Å²) in [6.45, 7) is 10.3. The zero-order valence-corrected chi connectivity index (χ0v) is 22.6. The Morgan fingerprint density at radius 1 is 1.17 bits per heavy atom. The van der Waals surface area contributed by atoms with Gasteiger partial charge in [0.1, 0.15) is 6.04 Å². The molecule has 0 radical (unpaired) electrons. The number of aliphatic hydroxyl groups is 1. The van der Waals surface area contributed by atoms with Gasteiger partial charge in [-0.15, -0.1) is 11.8 Å². The van der Waals surface area contributed by atoms with Gasteiger partial charge in [-0.25, -0.2) is 0 Å². The molecular weight excluding hydrogens is 476 g/mol. The van der Waals surface area contributed by atoms with E-state index in [1.165, 1.54) is 0 Å². The number of fused-ring (bicyclic) bond motifs is 1. The lowest BCUT2D eigenvalue weighted by atomic mass is 9.70. The Kier molecular flexibility index (Phi) is 8.19. The van der Waals surface area contributed by atoms with Gasteiger partial charge >= 0.3 is 0 Å². The molecule has 198 valence electrons. The fraction of sp³-hybridized carbons (Fsp3) is 0.667. The smallest absolute Gasteiger partial charge is 0.248 e. The monoisotopic (exact) mass is 516 g/mol. The molecule has 3 aliphatic heterocycles. The number of carbonyl (C=O) groups is 3. The van der Waals surface area contributed by atoms with Gasteiger partial charge in [-0.2, -0.15) is 0 Å². The molecule has 3 amide bonds. The van der Waals surface area contributed by atoms with E-state index in [9.17, 15) is 19.5 Å². The minimum atomic E-state index is -0.728. The third kappa shape index (κ3) is 4.38. The van der Waals surface area contributed by atoms with Crippen LogP contribution in [0.4, 0.5) is 11.4 Å². The topological polar surface area (TPSA) is 102 Å². The second-order valence-corrected chi connectivity index (χ2v) is 11.6. The van der Waals surface area contributed by atoms with E-state index in [1.54, 1.807) is 16.7 Å². The molecule has 3 fully saturated rings. The highest BCUT2D eigenvalue weighted by atomic mass is 32.2. The average molecular weight is 517 g/mol. The van der Waals surface area contributed by atoms with Crippen LogP contribution in [-0.4, -0.2) is 76.0 Å². The van der Waals surface area contributed by atoms with Crippen LogP contribution in [0.25, 0.3) is 0 Å². The van der Waals surface area contributed by atoms with Crippen molar-refractivity contribution in [1.82, 2.24) is 10.2 Å². The van der Waals surface area contributed by atoms with Crippen LogP contribution >= 0.6 is 11.8 Å². The van der Waals surface area contributed by atoms with Crippen LogP contribution in [0, 0.1) is 11.8 Å². The number of benzene rings is 1. The van der Waals surface area contributed by atoms with E-state index in [-0.39, 0.29) is 29.6 Å². The van der Waals surface area contributed by atoms with Crippen molar-refractivity contribution in [3.05, 3.63) is 24.3 Å². The third-order valence-corrected chi connectivity index (χ3v) is 10.1. The van der Waals surface area contributed by atoms with Crippen molar-refractivity contribution in [2.75, 3.05) is 36.5 Å². The summed E-state index contributed by atoms with van der Waals surface area (Å²) in [7, 11) is 0. The molecule has 6 atom stereocenters. The van der Waals surface area contributed by atoms with Crippen molar-refractivity contribution in [2.45, 2.75) is 75.5 Å². The second-order valence-electron chi connectivity index (χ2n) is 10.0. The Hall–Kier alpha value is -2.26. The van der Waals surface area contributed by atoms with Gasteiger partial charge in [0.25, 0.3) is 0 Å². The summed E-state index contributed by atoms with van der Waals surface area (Å²) in [6, 6.07) is 6.59. The number of carbonyl (C=O) groups excluding carboxylic acids is 3. The van der Waals surface area contributed by atoms with Gasteiger partial charge in [-0.1, -0.05) is 13.8 Å². The molecule has 1 aromatic rings. The highest BCUT2D eigenvalue weighted by Crippen LogP contribution is 2.66. The first-order valence-electron chi connectivity index (χ1n) is 13.4. The summed E-state index contributed by atoms with van der Waals surface area (Å²) < 4.78 is -0.649. The van der Waals surface area contributed by atoms with Gasteiger partial charge in [0.2, 0.25) is 17.7 Å². The van der Waals surface area contributed by atoms with Crippen molar-refractivity contribution in [3.63, 3.8) is 0 Å². The molecule has 0 saturated carbocycles. The number of thioether (sulfide) groups is 1. The molecule has 1 spiro atoms. The van der Waals surface area contributed by atoms with Crippen molar-refractivity contribution >= 4 is 40.9 Å². The lowest BCUT2D eigenvalue weighted by Crippen LogP contribution is -2.54. The summed E-state index contributed by atoms with van der Waals surface area (Å²) in [5, 5.41) is 16.2. The number of rotatable bonds is 11. The number of aliphatic hydroxyl groups excluding tert-OH is 1. The molecule has 2 bridgehead atoms. The summed E-state index contributed by atoms with van der Waals surface area (Å²) in [5.74, 6) is -1.47. The Bertz CT molecular complexity index is 965. The van der Waals surface area contributed by atoms with Crippen molar-refractivity contribution < 1.29 is 19.5 Å². The Morgan fingerprint density at radius 2 is 1.86 bits per heavy atom. The van der Waals surface area contributed by atoms with Crippen molar-refractivity contribution in [1.29, 1.82) is 0 Å². The standard InChI is InChI=1S/C27H40N4O4S/c1-5-15-28-24(33)21-20-13-14-27(36-20)22(21)26(35)31(18(6-2)16-32)23(27)25(34)29-17-9-11-19(12-10-17)30(7-3)8-4/h9-12,18,20-23,32H,5-8,13-16H2,1-4H3,(H,28,33)(H,29,34)/t18-,20-,21+,22-,23?,27?/m0/s1. The third-order valence-electron chi connectivity index (χ3n) is 8.18. The van der Waals surface area contributed by atoms with Crippen LogP contribution in [0.5, 0.6) is 0 Å². The molecule has 9 heteroatoms. The summed E-state index contributed by atoms with van der Waals surface area (Å²) in [5.41, 5.74) is 1.77. The minimum absolute atomic E-state index is 0.0378. The number of hydrogen-bond acceptors (Lipinski definition) is 6. The van der Waals surface area contributed by atoms with Gasteiger partial charge in [0, 0.05) is 36.3 Å². The molecule has 3 heterocycles. The highest BCUT2D eigenvalue weighted by molar-refractivity contribution is 8.02. The number of anilines is 2. The van der Waals surface area contributed by atoms with Gasteiger partial charge in [-0.3, -0.25) is 14.4 Å². The molecule has 1 aromatic carbocycles. The van der Waals surface area contributed by atoms with Gasteiger partial charge in [0.15, 0.2) is 0 Å². The van der Waals surface area contributed by atoms with E-state index >= 15 is 0 Å². The molecule has 2 unspecified atom stereocenters. The number of hydrogen-bond donors (Lipinski definition) is 3. The molecule has 0 aliphatic carbocycles. The Balaban J connectivity index is 1.64. The van der Waals surface area contributed by atoms with Gasteiger partial charge in [0.05, 0.1) is 29.2 Å². The minimum Gasteiger partial charge on any atom is -0.394 e. The summed E-state index contributed by atoms with van der Waals surface area (Å²) in [6.07, 6.45) is 2.89. The van der Waals surface area contributed by atoms with Gasteiger partial charge in [-0.05, 0) is 63.8 Å². The number of nitrogens with zero attached hydrogens (tertiary/aromatic N) is 2. The zero-order chi connectivity index (χ0) is 26.0. The number of nitrogens with one attached hydrogen (secondary N) is 2. The predicted molar refractivity (Wildman–Crippen MR) is 144 cm³/mol. The Morgan fingerprint density at radius 3 is 2.44 bits per heavy atom. The maximum absolute atomic E-state index is 13.9. The average Bonchev–Trinajstić information content (AvgIpc) is 3.53. The summed E-state index contributed by atoms with van der Waals surface area (Å²) in [4.78, 5) is 44.8. The fourth-order valence-corrected chi connectivity index (χ4v) is 8.62. The molecule has 3 N–H and O–H groups in total. The first-order valence-corrected chi connectivity index (χ1v) is 14.3. The van der Waals surface area contributed by atoms with E-state index in [0.29, 0.717) is 25.1 Å². The van der Waals surface area contributed by atoms with Crippen molar-refractivity contribution in [2.24, 2.45) is 11.8 Å². The fourth-order valence-electron chi connectivity index (χ4n) is 6.42. The van der Waals surface area contributed by atoms with Crippen LogP contribution in [0.1, 0.15) is 53.4 Å².